The molecule has 154 valence electrons. The van der Waals surface area contributed by atoms with Crippen molar-refractivity contribution in [2.45, 2.75) is 19.4 Å². The van der Waals surface area contributed by atoms with Gasteiger partial charge in [0, 0.05) is 4.47 Å². The van der Waals surface area contributed by atoms with Gasteiger partial charge in [0.1, 0.15) is 6.04 Å². The number of hydrogen-bond donors (Lipinski definition) is 3. The van der Waals surface area contributed by atoms with Crippen LogP contribution in [0.1, 0.15) is 12.5 Å². The highest BCUT2D eigenvalue weighted by molar-refractivity contribution is 9.10. The average Bonchev–Trinajstić information content (AvgIpc) is 2.74. The van der Waals surface area contributed by atoms with E-state index in [1.54, 1.807) is 19.1 Å². The first-order valence-electron chi connectivity index (χ1n) is 9.52. The Kier molecular flexibility index (Phi) is 7.19. The van der Waals surface area contributed by atoms with E-state index >= 15 is 0 Å². The number of hydrogen-bond acceptors (Lipinski definition) is 3. The third-order valence-corrected chi connectivity index (χ3v) is 5.26. The first-order chi connectivity index (χ1) is 14.4. The lowest BCUT2D eigenvalue weighted by atomic mass is 10.0. The summed E-state index contributed by atoms with van der Waals surface area (Å²) in [5.74, 6) is -1.04. The first-order valence-corrected chi connectivity index (χ1v) is 10.3. The Hall–Kier alpha value is -3.19. The van der Waals surface area contributed by atoms with E-state index in [1.807, 2.05) is 54.6 Å². The second-order valence-corrected chi connectivity index (χ2v) is 7.70. The van der Waals surface area contributed by atoms with E-state index < -0.39 is 11.9 Å². The van der Waals surface area contributed by atoms with Gasteiger partial charge in [0.25, 0.3) is 0 Å². The van der Waals surface area contributed by atoms with Crippen LogP contribution in [-0.4, -0.2) is 30.3 Å². The Bertz CT molecular complexity index is 1080. The van der Waals surface area contributed by atoms with Crippen molar-refractivity contribution < 1.29 is 14.4 Å². The number of rotatable bonds is 7. The van der Waals surface area contributed by atoms with Crippen molar-refractivity contribution in [1.29, 1.82) is 0 Å². The van der Waals surface area contributed by atoms with Crippen molar-refractivity contribution >= 4 is 50.1 Å². The maximum absolute atomic E-state index is 12.4. The predicted molar refractivity (Wildman–Crippen MR) is 121 cm³/mol. The van der Waals surface area contributed by atoms with Gasteiger partial charge < -0.3 is 16.0 Å². The Morgan fingerprint density at radius 3 is 2.40 bits per heavy atom. The summed E-state index contributed by atoms with van der Waals surface area (Å²) in [6, 6.07) is 20.1. The Balaban J connectivity index is 1.49. The maximum atomic E-state index is 12.4. The predicted octanol–water partition coefficient (Wildman–Crippen LogP) is 3.40. The molecule has 0 saturated heterocycles. The van der Waals surface area contributed by atoms with Crippen LogP contribution in [0.4, 0.5) is 5.69 Å². The van der Waals surface area contributed by atoms with Crippen LogP contribution in [0.25, 0.3) is 10.8 Å². The molecule has 0 saturated carbocycles. The van der Waals surface area contributed by atoms with Gasteiger partial charge >= 0.3 is 0 Å². The zero-order valence-corrected chi connectivity index (χ0v) is 18.0. The van der Waals surface area contributed by atoms with E-state index in [2.05, 4.69) is 31.9 Å². The van der Waals surface area contributed by atoms with Gasteiger partial charge in [0.2, 0.25) is 17.7 Å². The molecular weight excluding hydrogens is 446 g/mol. The fourth-order valence-corrected chi connectivity index (χ4v) is 3.44. The molecule has 0 spiro atoms. The van der Waals surface area contributed by atoms with Gasteiger partial charge in [0.15, 0.2) is 0 Å². The van der Waals surface area contributed by atoms with Gasteiger partial charge in [-0.05, 0) is 51.3 Å². The van der Waals surface area contributed by atoms with Crippen LogP contribution >= 0.6 is 15.9 Å². The molecule has 0 radical (unpaired) electrons. The highest BCUT2D eigenvalue weighted by Crippen LogP contribution is 2.21. The van der Waals surface area contributed by atoms with Crippen LogP contribution in [0, 0.1) is 0 Å². The lowest BCUT2D eigenvalue weighted by Crippen LogP contribution is -2.47. The number of para-hydroxylation sites is 1. The van der Waals surface area contributed by atoms with Crippen molar-refractivity contribution in [3.8, 4) is 0 Å². The van der Waals surface area contributed by atoms with Gasteiger partial charge in [0.05, 0.1) is 18.7 Å². The van der Waals surface area contributed by atoms with Crippen molar-refractivity contribution in [1.82, 2.24) is 10.6 Å². The molecule has 0 aliphatic rings. The summed E-state index contributed by atoms with van der Waals surface area (Å²) in [6.45, 7) is 1.39. The normalized spacial score (nSPS) is 11.5. The molecule has 3 rings (SSSR count). The number of carbonyl (C=O) groups excluding carboxylic acids is 3. The smallest absolute Gasteiger partial charge is 0.243 e. The lowest BCUT2D eigenvalue weighted by Gasteiger charge is -2.15. The molecule has 3 N–H and O–H groups in total. The molecule has 1 unspecified atom stereocenters. The van der Waals surface area contributed by atoms with Crippen LogP contribution in [-0.2, 0) is 20.8 Å². The standard InChI is InChI=1S/C23H22BrN3O3/c1-15(23(30)25-14-22(29)27-20-12-5-4-11-19(20)24)26-21(28)13-17-9-6-8-16-7-2-3-10-18(16)17/h2-12,15H,13-14H2,1H3,(H,25,30)(H,26,28)(H,27,29). The molecule has 6 nitrogen and oxygen atoms in total. The number of amides is 3. The fraction of sp³-hybridized carbons (Fsp3) is 0.174. The topological polar surface area (TPSA) is 87.3 Å². The summed E-state index contributed by atoms with van der Waals surface area (Å²) in [5, 5.41) is 10.0. The van der Waals surface area contributed by atoms with Crippen LogP contribution in [0.5, 0.6) is 0 Å². The summed E-state index contributed by atoms with van der Waals surface area (Å²) in [7, 11) is 0. The van der Waals surface area contributed by atoms with Crippen LogP contribution in [0.3, 0.4) is 0 Å². The molecule has 3 aromatic rings. The summed E-state index contributed by atoms with van der Waals surface area (Å²) in [5.41, 5.74) is 1.51. The Labute approximate surface area is 183 Å². The van der Waals surface area contributed by atoms with Gasteiger partial charge in [-0.1, -0.05) is 54.6 Å². The first kappa shape index (κ1) is 21.5. The van der Waals surface area contributed by atoms with Gasteiger partial charge in [-0.25, -0.2) is 0 Å². The van der Waals surface area contributed by atoms with Gasteiger partial charge in [-0.3, -0.25) is 14.4 Å². The van der Waals surface area contributed by atoms with E-state index in [0.29, 0.717) is 5.69 Å². The molecule has 0 aliphatic heterocycles. The minimum Gasteiger partial charge on any atom is -0.345 e. The number of halogens is 1. The monoisotopic (exact) mass is 467 g/mol. The highest BCUT2D eigenvalue weighted by Gasteiger charge is 2.17. The minimum absolute atomic E-state index is 0.168. The van der Waals surface area contributed by atoms with Crippen molar-refractivity contribution in [2.75, 3.05) is 11.9 Å². The lowest BCUT2D eigenvalue weighted by molar-refractivity contribution is -0.129. The average molecular weight is 468 g/mol. The van der Waals surface area contributed by atoms with E-state index in [-0.39, 0.29) is 24.8 Å². The molecular formula is C23H22BrN3O3. The van der Waals surface area contributed by atoms with Gasteiger partial charge in [-0.2, -0.15) is 0 Å². The molecule has 30 heavy (non-hydrogen) atoms. The second kappa shape index (κ2) is 10.0. The molecule has 7 heteroatoms. The van der Waals surface area contributed by atoms with Crippen molar-refractivity contribution in [3.63, 3.8) is 0 Å². The van der Waals surface area contributed by atoms with Crippen LogP contribution in [0.15, 0.2) is 71.2 Å². The fourth-order valence-electron chi connectivity index (χ4n) is 3.06. The quantitative estimate of drug-likeness (QED) is 0.497. The van der Waals surface area contributed by atoms with Crippen molar-refractivity contribution in [2.24, 2.45) is 0 Å². The summed E-state index contributed by atoms with van der Waals surface area (Å²) >= 11 is 3.35. The zero-order chi connectivity index (χ0) is 21.5. The molecule has 0 fully saturated rings. The Morgan fingerprint density at radius 2 is 1.60 bits per heavy atom. The number of carbonyl (C=O) groups is 3. The van der Waals surface area contributed by atoms with E-state index in [9.17, 15) is 14.4 Å². The summed E-state index contributed by atoms with van der Waals surface area (Å²) in [4.78, 5) is 36.7. The minimum atomic E-state index is -0.760. The van der Waals surface area contributed by atoms with Crippen LogP contribution < -0.4 is 16.0 Å². The molecule has 0 aliphatic carbocycles. The number of nitrogens with one attached hydrogen (secondary N) is 3. The highest BCUT2D eigenvalue weighted by atomic mass is 79.9. The molecule has 0 heterocycles. The SMILES string of the molecule is CC(NC(=O)Cc1cccc2ccccc12)C(=O)NCC(=O)Nc1ccccc1Br. The molecule has 1 atom stereocenters. The summed E-state index contributed by atoms with van der Waals surface area (Å²) in [6.07, 6.45) is 0.168. The zero-order valence-electron chi connectivity index (χ0n) is 16.4. The maximum Gasteiger partial charge on any atom is 0.243 e. The molecule has 3 aromatic carbocycles. The molecule has 0 bridgehead atoms. The van der Waals surface area contributed by atoms with E-state index in [0.717, 1.165) is 20.8 Å². The number of benzene rings is 3. The second-order valence-electron chi connectivity index (χ2n) is 6.85. The Morgan fingerprint density at radius 1 is 0.900 bits per heavy atom. The van der Waals surface area contributed by atoms with Crippen molar-refractivity contribution in [3.05, 3.63) is 76.8 Å². The largest absolute Gasteiger partial charge is 0.345 e. The molecule has 0 aromatic heterocycles. The third-order valence-electron chi connectivity index (χ3n) is 4.57. The number of anilines is 1. The van der Waals surface area contributed by atoms with Gasteiger partial charge in [-0.15, -0.1) is 0 Å². The van der Waals surface area contributed by atoms with E-state index in [4.69, 9.17) is 0 Å². The number of fused-ring (bicyclic) bond motifs is 1. The molecule has 3 amide bonds. The van der Waals surface area contributed by atoms with E-state index in [1.165, 1.54) is 0 Å². The summed E-state index contributed by atoms with van der Waals surface area (Å²) < 4.78 is 0.749. The van der Waals surface area contributed by atoms with Crippen LogP contribution in [0.2, 0.25) is 0 Å². The third kappa shape index (κ3) is 5.67.